The molecule has 0 spiro atoms. The number of anilines is 1. The lowest BCUT2D eigenvalue weighted by molar-refractivity contribution is -0.125. The van der Waals surface area contributed by atoms with Crippen molar-refractivity contribution in [3.8, 4) is 11.5 Å². The van der Waals surface area contributed by atoms with Crippen molar-refractivity contribution in [1.29, 1.82) is 0 Å². The molecule has 1 unspecified atom stereocenters. The number of likely N-dealkylation sites (N-methyl/N-ethyl adjacent to an activating group) is 1. The second-order valence-electron chi connectivity index (χ2n) is 8.97. The van der Waals surface area contributed by atoms with E-state index in [0.29, 0.717) is 33.1 Å². The molecule has 0 fully saturated rings. The zero-order valence-electron chi connectivity index (χ0n) is 21.5. The summed E-state index contributed by atoms with van der Waals surface area (Å²) in [6.07, 6.45) is 0.680. The number of esters is 1. The van der Waals surface area contributed by atoms with Gasteiger partial charge in [-0.1, -0.05) is 18.2 Å². The van der Waals surface area contributed by atoms with Gasteiger partial charge < -0.3 is 19.1 Å². The summed E-state index contributed by atoms with van der Waals surface area (Å²) in [5.74, 6) is 0.0416. The van der Waals surface area contributed by atoms with E-state index in [1.165, 1.54) is 15.8 Å². The summed E-state index contributed by atoms with van der Waals surface area (Å²) in [4.78, 5) is 57.7. The lowest BCUT2D eigenvalue weighted by Crippen LogP contribution is -2.42. The third kappa shape index (κ3) is 5.13. The number of ether oxygens (including phenoxy) is 3. The van der Waals surface area contributed by atoms with Crippen LogP contribution in [0.4, 0.5) is 5.69 Å². The van der Waals surface area contributed by atoms with E-state index in [1.807, 2.05) is 18.2 Å². The van der Waals surface area contributed by atoms with Crippen molar-refractivity contribution < 1.29 is 28.6 Å². The Kier molecular flexibility index (Phi) is 7.16. The molecule has 0 radical (unpaired) electrons. The monoisotopic (exact) mass is 547 g/mol. The molecule has 3 heterocycles. The minimum atomic E-state index is -0.612. The Morgan fingerprint density at radius 3 is 2.64 bits per heavy atom. The van der Waals surface area contributed by atoms with Crippen LogP contribution in [0.25, 0.3) is 10.2 Å². The Morgan fingerprint density at radius 1 is 1.10 bits per heavy atom. The number of para-hydroxylation sites is 1. The van der Waals surface area contributed by atoms with Crippen LogP contribution < -0.4 is 19.9 Å². The van der Waals surface area contributed by atoms with Crippen LogP contribution in [-0.2, 0) is 16.1 Å². The van der Waals surface area contributed by atoms with E-state index in [4.69, 9.17) is 14.2 Å². The normalized spacial score (nSPS) is 14.6. The van der Waals surface area contributed by atoms with Crippen LogP contribution in [0.2, 0.25) is 0 Å². The molecule has 2 aromatic heterocycles. The van der Waals surface area contributed by atoms with Gasteiger partial charge in [0.1, 0.15) is 34.4 Å². The lowest BCUT2D eigenvalue weighted by atomic mass is 10.1. The number of rotatable bonds is 8. The average molecular weight is 548 g/mol. The molecular formula is C28H25N3O7S. The molecule has 1 aliphatic rings. The maximum absolute atomic E-state index is 13.3. The SMILES string of the molecule is Cc1c(C(=O)OCCOc2ccccc2)sc2ncn(CC(=O)c3ccc4c(c3)N(C)C(=O)C(C)O4)c(=O)c12. The number of hydrogen-bond donors (Lipinski definition) is 0. The second kappa shape index (κ2) is 10.7. The summed E-state index contributed by atoms with van der Waals surface area (Å²) in [6.45, 7) is 3.28. The number of thiophene rings is 1. The van der Waals surface area contributed by atoms with Crippen LogP contribution in [0, 0.1) is 6.92 Å². The van der Waals surface area contributed by atoms with E-state index >= 15 is 0 Å². The number of amides is 1. The topological polar surface area (TPSA) is 117 Å². The second-order valence-corrected chi connectivity index (χ2v) is 9.97. The van der Waals surface area contributed by atoms with Gasteiger partial charge in [0, 0.05) is 12.6 Å². The molecule has 0 bridgehead atoms. The zero-order chi connectivity index (χ0) is 27.7. The standard InChI is InChI=1S/C28H25N3O7S/c1-16-23-25(39-24(16)28(35)37-12-11-36-19-7-5-4-6-8-19)29-15-31(27(23)34)14-21(32)18-9-10-22-20(13-18)30(3)26(33)17(2)38-22/h4-10,13,15,17H,11-12,14H2,1-3H3. The van der Waals surface area contributed by atoms with E-state index in [0.717, 1.165) is 11.3 Å². The number of carbonyl (C=O) groups excluding carboxylic acids is 3. The molecule has 1 aliphatic heterocycles. The zero-order valence-corrected chi connectivity index (χ0v) is 22.3. The summed E-state index contributed by atoms with van der Waals surface area (Å²) >= 11 is 1.06. The molecule has 0 N–H and O–H groups in total. The van der Waals surface area contributed by atoms with Gasteiger partial charge >= 0.3 is 5.97 Å². The third-order valence-electron chi connectivity index (χ3n) is 6.37. The van der Waals surface area contributed by atoms with Crippen molar-refractivity contribution in [2.24, 2.45) is 0 Å². The summed E-state index contributed by atoms with van der Waals surface area (Å²) in [5, 5.41) is 0.265. The number of benzene rings is 2. The van der Waals surface area contributed by atoms with Crippen molar-refractivity contribution in [1.82, 2.24) is 9.55 Å². The fourth-order valence-electron chi connectivity index (χ4n) is 4.27. The first-order valence-corrected chi connectivity index (χ1v) is 13.0. The van der Waals surface area contributed by atoms with Crippen LogP contribution in [0.15, 0.2) is 59.7 Å². The Morgan fingerprint density at radius 2 is 1.87 bits per heavy atom. The number of hydrogen-bond acceptors (Lipinski definition) is 9. The predicted molar refractivity (Wildman–Crippen MR) is 145 cm³/mol. The molecule has 0 aliphatic carbocycles. The van der Waals surface area contributed by atoms with Crippen LogP contribution in [-0.4, -0.2) is 53.6 Å². The molecule has 10 nitrogen and oxygen atoms in total. The maximum atomic E-state index is 13.3. The maximum Gasteiger partial charge on any atom is 0.348 e. The lowest BCUT2D eigenvalue weighted by Gasteiger charge is -2.30. The van der Waals surface area contributed by atoms with Gasteiger partial charge in [-0.05, 0) is 49.7 Å². The highest BCUT2D eigenvalue weighted by Gasteiger charge is 2.29. The molecule has 0 saturated heterocycles. The Labute approximate surface area is 227 Å². The molecule has 0 saturated carbocycles. The number of ketones is 1. The van der Waals surface area contributed by atoms with Crippen molar-refractivity contribution in [2.45, 2.75) is 26.5 Å². The Balaban J connectivity index is 1.30. The van der Waals surface area contributed by atoms with Gasteiger partial charge in [0.15, 0.2) is 11.9 Å². The van der Waals surface area contributed by atoms with E-state index < -0.39 is 17.6 Å². The van der Waals surface area contributed by atoms with E-state index in [-0.39, 0.29) is 41.7 Å². The first-order valence-electron chi connectivity index (χ1n) is 12.2. The van der Waals surface area contributed by atoms with Crippen LogP contribution >= 0.6 is 11.3 Å². The predicted octanol–water partition coefficient (Wildman–Crippen LogP) is 3.63. The summed E-state index contributed by atoms with van der Waals surface area (Å²) in [6, 6.07) is 14.0. The summed E-state index contributed by atoms with van der Waals surface area (Å²) in [5.41, 5.74) is 0.817. The smallest absolute Gasteiger partial charge is 0.348 e. The van der Waals surface area contributed by atoms with E-state index in [9.17, 15) is 19.2 Å². The van der Waals surface area contributed by atoms with Crippen LogP contribution in [0.1, 0.15) is 32.5 Å². The van der Waals surface area contributed by atoms with Crippen LogP contribution in [0.3, 0.4) is 0 Å². The number of aromatic nitrogens is 2. The molecule has 200 valence electrons. The van der Waals surface area contributed by atoms with Crippen LogP contribution in [0.5, 0.6) is 11.5 Å². The first kappa shape index (κ1) is 26.1. The van der Waals surface area contributed by atoms with Crippen molar-refractivity contribution in [3.63, 3.8) is 0 Å². The molecule has 1 atom stereocenters. The largest absolute Gasteiger partial charge is 0.490 e. The average Bonchev–Trinajstić information content (AvgIpc) is 3.28. The molecule has 2 aromatic carbocycles. The molecule has 1 amide bonds. The van der Waals surface area contributed by atoms with Gasteiger partial charge in [0.25, 0.3) is 11.5 Å². The van der Waals surface area contributed by atoms with Crippen molar-refractivity contribution >= 4 is 44.9 Å². The molecular weight excluding hydrogens is 522 g/mol. The summed E-state index contributed by atoms with van der Waals surface area (Å²) < 4.78 is 17.7. The Bertz CT molecular complexity index is 1640. The Hall–Kier alpha value is -4.51. The van der Waals surface area contributed by atoms with E-state index in [2.05, 4.69) is 4.98 Å². The van der Waals surface area contributed by atoms with E-state index in [1.54, 1.807) is 51.2 Å². The van der Waals surface area contributed by atoms with Gasteiger partial charge in [-0.3, -0.25) is 19.0 Å². The third-order valence-corrected chi connectivity index (χ3v) is 7.55. The highest BCUT2D eigenvalue weighted by molar-refractivity contribution is 7.20. The fraction of sp³-hybridized carbons (Fsp3) is 0.250. The van der Waals surface area contributed by atoms with Gasteiger partial charge in [-0.25, -0.2) is 9.78 Å². The number of Topliss-reactive ketones (excluding diaryl/α,β-unsaturated/α-hetero) is 1. The number of nitrogens with zero attached hydrogens (tertiary/aromatic N) is 3. The minimum Gasteiger partial charge on any atom is -0.490 e. The minimum absolute atomic E-state index is 0.0408. The molecule has 4 aromatic rings. The van der Waals surface area contributed by atoms with Gasteiger partial charge in [0.2, 0.25) is 0 Å². The van der Waals surface area contributed by atoms with Crippen molar-refractivity contribution in [2.75, 3.05) is 25.2 Å². The quantitative estimate of drug-likeness (QED) is 0.187. The summed E-state index contributed by atoms with van der Waals surface area (Å²) in [7, 11) is 1.62. The highest BCUT2D eigenvalue weighted by Crippen LogP contribution is 2.34. The highest BCUT2D eigenvalue weighted by atomic mass is 32.1. The number of carbonyl (C=O) groups is 3. The fourth-order valence-corrected chi connectivity index (χ4v) is 5.31. The first-order chi connectivity index (χ1) is 18.7. The van der Waals surface area contributed by atoms with Gasteiger partial charge in [-0.2, -0.15) is 0 Å². The van der Waals surface area contributed by atoms with Gasteiger partial charge in [-0.15, -0.1) is 11.3 Å². The number of fused-ring (bicyclic) bond motifs is 2. The molecule has 11 heteroatoms. The van der Waals surface area contributed by atoms with Gasteiger partial charge in [0.05, 0.1) is 23.9 Å². The molecule has 39 heavy (non-hydrogen) atoms. The van der Waals surface area contributed by atoms with Crippen molar-refractivity contribution in [3.05, 3.63) is 81.2 Å². The molecule has 5 rings (SSSR count). The number of aryl methyl sites for hydroxylation is 1.